The van der Waals surface area contributed by atoms with Crippen LogP contribution >= 0.6 is 0 Å². The van der Waals surface area contributed by atoms with Gasteiger partial charge in [0.1, 0.15) is 0 Å². The summed E-state index contributed by atoms with van der Waals surface area (Å²) >= 11 is 0. The molecule has 0 bridgehead atoms. The van der Waals surface area contributed by atoms with Gasteiger partial charge in [0.2, 0.25) is 0 Å². The summed E-state index contributed by atoms with van der Waals surface area (Å²) < 4.78 is 0. The van der Waals surface area contributed by atoms with Crippen molar-refractivity contribution in [3.8, 4) is 0 Å². The molecule has 2 aromatic rings. The number of hydrogen-bond acceptors (Lipinski definition) is 1. The summed E-state index contributed by atoms with van der Waals surface area (Å²) in [7, 11) is 0. The molecule has 0 heterocycles. The van der Waals surface area contributed by atoms with Crippen LogP contribution in [0.25, 0.3) is 0 Å². The molecule has 17 heavy (non-hydrogen) atoms. The van der Waals surface area contributed by atoms with Crippen LogP contribution in [0.4, 0.5) is 0 Å². The number of hydrogen-bond donors (Lipinski definition) is 1. The molecular weight excluding hydrogens is 206 g/mol. The first-order chi connectivity index (χ1) is 8.43. The van der Waals surface area contributed by atoms with E-state index in [0.29, 0.717) is 0 Å². The van der Waals surface area contributed by atoms with E-state index in [1.54, 1.807) is 0 Å². The van der Waals surface area contributed by atoms with E-state index in [1.165, 1.54) is 23.1 Å². The largest absolute Gasteiger partial charge is 0.312 e. The molecule has 0 spiro atoms. The average Bonchev–Trinajstić information content (AvgIpc) is 2.36. The molecule has 0 aliphatic heterocycles. The maximum Gasteiger partial charge on any atom is 0.0205 e. The first kappa shape index (κ1) is 10.5. The number of nitrogens with one attached hydrogen (secondary N) is 1. The highest BCUT2D eigenvalue weighted by molar-refractivity contribution is 5.40. The molecule has 1 aliphatic rings. The molecule has 2 aromatic carbocycles. The Hall–Kier alpha value is -1.60. The highest BCUT2D eigenvalue weighted by Gasteiger charge is 2.24. The van der Waals surface area contributed by atoms with Crippen molar-refractivity contribution < 1.29 is 0 Å². The third-order valence-corrected chi connectivity index (χ3v) is 3.52. The number of fused-ring (bicyclic) bond motifs is 1. The van der Waals surface area contributed by atoms with E-state index < -0.39 is 0 Å². The Labute approximate surface area is 102 Å². The van der Waals surface area contributed by atoms with Gasteiger partial charge in [0.25, 0.3) is 0 Å². The van der Waals surface area contributed by atoms with Crippen LogP contribution in [0.3, 0.4) is 0 Å². The minimum atomic E-state index is 0.718. The van der Waals surface area contributed by atoms with Crippen LogP contribution in [0.5, 0.6) is 0 Å². The zero-order valence-corrected chi connectivity index (χ0v) is 9.89. The summed E-state index contributed by atoms with van der Waals surface area (Å²) in [6.07, 6.45) is 1.23. The molecular formula is C16H17N. The van der Waals surface area contributed by atoms with Crippen molar-refractivity contribution in [1.29, 1.82) is 0 Å². The van der Waals surface area contributed by atoms with Gasteiger partial charge in [-0.3, -0.25) is 0 Å². The second-order valence-corrected chi connectivity index (χ2v) is 4.72. The Morgan fingerprint density at radius 1 is 0.941 bits per heavy atom. The van der Waals surface area contributed by atoms with E-state index in [4.69, 9.17) is 0 Å². The van der Waals surface area contributed by atoms with Crippen molar-refractivity contribution in [2.45, 2.75) is 18.9 Å². The van der Waals surface area contributed by atoms with Gasteiger partial charge in [-0.1, -0.05) is 54.6 Å². The second-order valence-electron chi connectivity index (χ2n) is 4.72. The molecule has 1 atom stereocenters. The lowest BCUT2D eigenvalue weighted by Gasteiger charge is -2.30. The quantitative estimate of drug-likeness (QED) is 0.839. The Bertz CT molecular complexity index is 490. The summed E-state index contributed by atoms with van der Waals surface area (Å²) in [6, 6.07) is 19.4. The molecule has 0 radical (unpaired) electrons. The summed E-state index contributed by atoms with van der Waals surface area (Å²) in [6.45, 7) is 2.06. The van der Waals surface area contributed by atoms with Crippen molar-refractivity contribution in [3.05, 3.63) is 71.3 Å². The van der Waals surface area contributed by atoms with Crippen molar-refractivity contribution in [3.63, 3.8) is 0 Å². The Morgan fingerprint density at radius 3 is 2.53 bits per heavy atom. The SMILES string of the molecule is c1ccc(CNC[C@@H]2Cc3ccccc32)cc1. The summed E-state index contributed by atoms with van der Waals surface area (Å²) in [5.74, 6) is 0.718. The highest BCUT2D eigenvalue weighted by atomic mass is 14.9. The lowest BCUT2D eigenvalue weighted by atomic mass is 9.77. The summed E-state index contributed by atoms with van der Waals surface area (Å²) in [5, 5.41) is 3.54. The minimum Gasteiger partial charge on any atom is -0.312 e. The molecule has 86 valence electrons. The number of rotatable bonds is 4. The first-order valence-corrected chi connectivity index (χ1v) is 6.26. The molecule has 1 heteroatoms. The van der Waals surface area contributed by atoms with E-state index in [0.717, 1.165) is 19.0 Å². The lowest BCUT2D eigenvalue weighted by Crippen LogP contribution is -2.28. The van der Waals surface area contributed by atoms with Crippen LogP contribution in [0.2, 0.25) is 0 Å². The van der Waals surface area contributed by atoms with Gasteiger partial charge >= 0.3 is 0 Å². The average molecular weight is 223 g/mol. The first-order valence-electron chi connectivity index (χ1n) is 6.26. The van der Waals surface area contributed by atoms with Crippen LogP contribution in [0.15, 0.2) is 54.6 Å². The maximum atomic E-state index is 3.54. The van der Waals surface area contributed by atoms with Gasteiger partial charge in [-0.15, -0.1) is 0 Å². The van der Waals surface area contributed by atoms with Gasteiger partial charge in [-0.25, -0.2) is 0 Å². The zero-order chi connectivity index (χ0) is 11.5. The van der Waals surface area contributed by atoms with Crippen molar-refractivity contribution in [1.82, 2.24) is 5.32 Å². The fourth-order valence-electron chi connectivity index (χ4n) is 2.53. The molecule has 3 rings (SSSR count). The molecule has 0 amide bonds. The predicted molar refractivity (Wildman–Crippen MR) is 71.0 cm³/mol. The van der Waals surface area contributed by atoms with Crippen LogP contribution in [-0.4, -0.2) is 6.54 Å². The maximum absolute atomic E-state index is 3.54. The molecule has 0 saturated carbocycles. The standard InChI is InChI=1S/C16H17N/c1-2-6-13(7-3-1)11-17-12-15-10-14-8-4-5-9-16(14)15/h1-9,15,17H,10-12H2/t15-/m0/s1. The van der Waals surface area contributed by atoms with Gasteiger partial charge in [0.15, 0.2) is 0 Å². The van der Waals surface area contributed by atoms with Crippen LogP contribution in [-0.2, 0) is 13.0 Å². The lowest BCUT2D eigenvalue weighted by molar-refractivity contribution is 0.536. The van der Waals surface area contributed by atoms with Crippen LogP contribution in [0.1, 0.15) is 22.6 Å². The van der Waals surface area contributed by atoms with Crippen LogP contribution in [0, 0.1) is 0 Å². The van der Waals surface area contributed by atoms with Gasteiger partial charge in [0, 0.05) is 19.0 Å². The van der Waals surface area contributed by atoms with Gasteiger partial charge < -0.3 is 5.32 Å². The molecule has 1 N–H and O–H groups in total. The molecule has 0 aromatic heterocycles. The smallest absolute Gasteiger partial charge is 0.0205 e. The topological polar surface area (TPSA) is 12.0 Å². The Kier molecular flexibility index (Phi) is 2.93. The summed E-state index contributed by atoms with van der Waals surface area (Å²) in [5.41, 5.74) is 4.42. The zero-order valence-electron chi connectivity index (χ0n) is 9.89. The van der Waals surface area contributed by atoms with Crippen molar-refractivity contribution in [2.24, 2.45) is 0 Å². The minimum absolute atomic E-state index is 0.718. The third-order valence-electron chi connectivity index (χ3n) is 3.52. The third kappa shape index (κ3) is 2.25. The Morgan fingerprint density at radius 2 is 1.71 bits per heavy atom. The monoisotopic (exact) mass is 223 g/mol. The van der Waals surface area contributed by atoms with Crippen molar-refractivity contribution in [2.75, 3.05) is 6.54 Å². The molecule has 0 saturated heterocycles. The molecule has 1 aliphatic carbocycles. The van der Waals surface area contributed by atoms with E-state index >= 15 is 0 Å². The predicted octanol–water partition coefficient (Wildman–Crippen LogP) is 3.12. The fraction of sp³-hybridized carbons (Fsp3) is 0.250. The molecule has 0 fully saturated rings. The van der Waals surface area contributed by atoms with Gasteiger partial charge in [-0.05, 0) is 23.1 Å². The molecule has 0 unspecified atom stereocenters. The van der Waals surface area contributed by atoms with E-state index in [2.05, 4.69) is 59.9 Å². The normalized spacial score (nSPS) is 17.3. The van der Waals surface area contributed by atoms with Crippen molar-refractivity contribution >= 4 is 0 Å². The Balaban J connectivity index is 1.51. The second kappa shape index (κ2) is 4.72. The molecule has 1 nitrogen and oxygen atoms in total. The summed E-state index contributed by atoms with van der Waals surface area (Å²) in [4.78, 5) is 0. The number of benzene rings is 2. The van der Waals surface area contributed by atoms with Crippen LogP contribution < -0.4 is 5.32 Å². The fourth-order valence-corrected chi connectivity index (χ4v) is 2.53. The van der Waals surface area contributed by atoms with E-state index in [-0.39, 0.29) is 0 Å². The van der Waals surface area contributed by atoms with E-state index in [1.807, 2.05) is 0 Å². The highest BCUT2D eigenvalue weighted by Crippen LogP contribution is 2.33. The van der Waals surface area contributed by atoms with Gasteiger partial charge in [-0.2, -0.15) is 0 Å². The van der Waals surface area contributed by atoms with Gasteiger partial charge in [0.05, 0.1) is 0 Å². The van der Waals surface area contributed by atoms with E-state index in [9.17, 15) is 0 Å².